The van der Waals surface area contributed by atoms with Crippen molar-refractivity contribution in [2.75, 3.05) is 13.8 Å². The molecule has 0 aliphatic heterocycles. The molecule has 1 N–H and O–H groups in total. The molecule has 0 fully saturated rings. The van der Waals surface area contributed by atoms with Gasteiger partial charge in [0.25, 0.3) is 0 Å². The molecule has 3 nitrogen and oxygen atoms in total. The lowest BCUT2D eigenvalue weighted by Gasteiger charge is -1.93. The van der Waals surface area contributed by atoms with Crippen molar-refractivity contribution in [1.82, 2.24) is 5.32 Å². The number of allylic oxidation sites excluding steroid dienone is 1. The second kappa shape index (κ2) is 6.17. The molecule has 0 bridgehead atoms. The van der Waals surface area contributed by atoms with Crippen molar-refractivity contribution in [2.24, 2.45) is 0 Å². The lowest BCUT2D eigenvalue weighted by molar-refractivity contribution is -0.104. The zero-order chi connectivity index (χ0) is 6.24. The summed E-state index contributed by atoms with van der Waals surface area (Å²) < 4.78 is 4.61. The molecule has 0 atom stereocenters. The first-order chi connectivity index (χ1) is 3.91. The van der Waals surface area contributed by atoms with Gasteiger partial charge in [0.2, 0.25) is 0 Å². The lowest BCUT2D eigenvalue weighted by Crippen LogP contribution is -2.07. The van der Waals surface area contributed by atoms with Gasteiger partial charge in [0.15, 0.2) is 0 Å². The number of hydrogen-bond donors (Lipinski definition) is 1. The standard InChI is InChI=1S/C5H9NO2/c1-8-5-6-3-2-4-7/h2-4,6H,5H2,1H3. The summed E-state index contributed by atoms with van der Waals surface area (Å²) in [6, 6.07) is 0. The number of ether oxygens (including phenoxy) is 1. The third kappa shape index (κ3) is 5.17. The SMILES string of the molecule is COCNC=CC=O. The number of carbonyl (C=O) groups excluding carboxylic acids is 1. The number of aldehydes is 1. The molecule has 0 aliphatic carbocycles. The van der Waals surface area contributed by atoms with E-state index in [-0.39, 0.29) is 0 Å². The smallest absolute Gasteiger partial charge is 0.144 e. The van der Waals surface area contributed by atoms with E-state index in [1.165, 1.54) is 12.3 Å². The molecule has 0 spiro atoms. The Labute approximate surface area is 48.3 Å². The van der Waals surface area contributed by atoms with Crippen molar-refractivity contribution in [2.45, 2.75) is 0 Å². The molecular weight excluding hydrogens is 106 g/mol. The molecule has 8 heavy (non-hydrogen) atoms. The molecule has 3 heteroatoms. The van der Waals surface area contributed by atoms with Gasteiger partial charge in [-0.15, -0.1) is 0 Å². The predicted octanol–water partition coefficient (Wildman–Crippen LogP) is -0.108. The fourth-order valence-corrected chi connectivity index (χ4v) is 0.239. The van der Waals surface area contributed by atoms with Crippen molar-refractivity contribution in [3.05, 3.63) is 12.3 Å². The zero-order valence-electron chi connectivity index (χ0n) is 4.76. The van der Waals surface area contributed by atoms with Crippen LogP contribution in [0.2, 0.25) is 0 Å². The maximum atomic E-state index is 9.60. The highest BCUT2D eigenvalue weighted by Crippen LogP contribution is 1.60. The van der Waals surface area contributed by atoms with E-state index in [1.807, 2.05) is 0 Å². The molecule has 0 amide bonds. The fraction of sp³-hybridized carbons (Fsp3) is 0.400. The van der Waals surface area contributed by atoms with Crippen LogP contribution in [-0.2, 0) is 9.53 Å². The summed E-state index contributed by atoms with van der Waals surface area (Å²) in [5.41, 5.74) is 0. The minimum atomic E-state index is 0.435. The van der Waals surface area contributed by atoms with Crippen LogP contribution >= 0.6 is 0 Å². The van der Waals surface area contributed by atoms with E-state index in [0.29, 0.717) is 13.0 Å². The fourth-order valence-electron chi connectivity index (χ4n) is 0.239. The first-order valence-electron chi connectivity index (χ1n) is 2.24. The monoisotopic (exact) mass is 115 g/mol. The van der Waals surface area contributed by atoms with E-state index >= 15 is 0 Å². The molecule has 46 valence electrons. The number of carbonyl (C=O) groups is 1. The van der Waals surface area contributed by atoms with Gasteiger partial charge in [0.05, 0.1) is 0 Å². The van der Waals surface area contributed by atoms with E-state index < -0.39 is 0 Å². The minimum Gasteiger partial charge on any atom is -0.369 e. The van der Waals surface area contributed by atoms with Gasteiger partial charge in [0.1, 0.15) is 13.0 Å². The number of hydrogen-bond acceptors (Lipinski definition) is 3. The summed E-state index contributed by atoms with van der Waals surface area (Å²) in [5.74, 6) is 0. The maximum Gasteiger partial charge on any atom is 0.144 e. The second-order valence-electron chi connectivity index (χ2n) is 1.13. The average molecular weight is 115 g/mol. The highest BCUT2D eigenvalue weighted by Gasteiger charge is 1.68. The Hall–Kier alpha value is -0.830. The Morgan fingerprint density at radius 2 is 2.50 bits per heavy atom. The molecule has 0 rings (SSSR count). The Bertz CT molecular complexity index is 80.5. The summed E-state index contributed by atoms with van der Waals surface area (Å²) in [6.07, 6.45) is 3.58. The molecular formula is C5H9NO2. The van der Waals surface area contributed by atoms with Crippen molar-refractivity contribution in [1.29, 1.82) is 0 Å². The minimum absolute atomic E-state index is 0.435. The van der Waals surface area contributed by atoms with Gasteiger partial charge in [-0.1, -0.05) is 0 Å². The molecule has 0 aromatic heterocycles. The van der Waals surface area contributed by atoms with Gasteiger partial charge in [0, 0.05) is 13.3 Å². The first-order valence-corrected chi connectivity index (χ1v) is 2.24. The van der Waals surface area contributed by atoms with E-state index in [2.05, 4.69) is 10.1 Å². The second-order valence-corrected chi connectivity index (χ2v) is 1.13. The molecule has 0 aromatic carbocycles. The lowest BCUT2D eigenvalue weighted by atomic mass is 10.7. The van der Waals surface area contributed by atoms with Crippen LogP contribution < -0.4 is 5.32 Å². The molecule has 0 unspecified atom stereocenters. The molecule has 0 aromatic rings. The summed E-state index contributed by atoms with van der Waals surface area (Å²) in [7, 11) is 1.57. The van der Waals surface area contributed by atoms with Crippen LogP contribution in [0.1, 0.15) is 0 Å². The Morgan fingerprint density at radius 3 is 3.00 bits per heavy atom. The van der Waals surface area contributed by atoms with E-state index in [4.69, 9.17) is 0 Å². The summed E-state index contributed by atoms with van der Waals surface area (Å²) in [6.45, 7) is 0.435. The van der Waals surface area contributed by atoms with Gasteiger partial charge in [-0.2, -0.15) is 0 Å². The van der Waals surface area contributed by atoms with Crippen molar-refractivity contribution in [3.8, 4) is 0 Å². The van der Waals surface area contributed by atoms with Crippen LogP contribution in [0.25, 0.3) is 0 Å². The highest BCUT2D eigenvalue weighted by atomic mass is 16.5. The van der Waals surface area contributed by atoms with E-state index in [0.717, 1.165) is 0 Å². The first kappa shape index (κ1) is 7.17. The zero-order valence-corrected chi connectivity index (χ0v) is 4.76. The third-order valence-corrected chi connectivity index (χ3v) is 0.520. The van der Waals surface area contributed by atoms with Crippen molar-refractivity contribution < 1.29 is 9.53 Å². The van der Waals surface area contributed by atoms with Crippen LogP contribution in [0.15, 0.2) is 12.3 Å². The molecule has 0 saturated carbocycles. The van der Waals surface area contributed by atoms with Gasteiger partial charge >= 0.3 is 0 Å². The van der Waals surface area contributed by atoms with Crippen LogP contribution in [0.3, 0.4) is 0 Å². The topological polar surface area (TPSA) is 38.3 Å². The Balaban J connectivity index is 2.91. The van der Waals surface area contributed by atoms with E-state index in [9.17, 15) is 4.79 Å². The van der Waals surface area contributed by atoms with Crippen LogP contribution in [0.4, 0.5) is 0 Å². The quantitative estimate of drug-likeness (QED) is 0.240. The average Bonchev–Trinajstić information content (AvgIpc) is 1.81. The van der Waals surface area contributed by atoms with Crippen molar-refractivity contribution >= 4 is 6.29 Å². The molecule has 0 saturated heterocycles. The molecule has 0 radical (unpaired) electrons. The third-order valence-electron chi connectivity index (χ3n) is 0.520. The molecule has 0 heterocycles. The van der Waals surface area contributed by atoms with Crippen LogP contribution in [0, 0.1) is 0 Å². The van der Waals surface area contributed by atoms with Gasteiger partial charge < -0.3 is 10.1 Å². The van der Waals surface area contributed by atoms with Crippen molar-refractivity contribution in [3.63, 3.8) is 0 Å². The maximum absolute atomic E-state index is 9.60. The number of rotatable bonds is 4. The van der Waals surface area contributed by atoms with E-state index in [1.54, 1.807) is 7.11 Å². The van der Waals surface area contributed by atoms with Gasteiger partial charge in [-0.25, -0.2) is 0 Å². The Morgan fingerprint density at radius 1 is 1.75 bits per heavy atom. The summed E-state index contributed by atoms with van der Waals surface area (Å²) >= 11 is 0. The largest absolute Gasteiger partial charge is 0.369 e. The normalized spacial score (nSPS) is 9.62. The summed E-state index contributed by atoms with van der Waals surface area (Å²) in [4.78, 5) is 9.60. The summed E-state index contributed by atoms with van der Waals surface area (Å²) in [5, 5.41) is 2.70. The van der Waals surface area contributed by atoms with Gasteiger partial charge in [-0.05, 0) is 6.08 Å². The van der Waals surface area contributed by atoms with Gasteiger partial charge in [-0.3, -0.25) is 4.79 Å². The Kier molecular flexibility index (Phi) is 5.53. The number of methoxy groups -OCH3 is 1. The van der Waals surface area contributed by atoms with Crippen LogP contribution in [-0.4, -0.2) is 20.1 Å². The predicted molar refractivity (Wildman–Crippen MR) is 30.2 cm³/mol. The highest BCUT2D eigenvalue weighted by molar-refractivity contribution is 5.64. The molecule has 0 aliphatic rings. The van der Waals surface area contributed by atoms with Crippen LogP contribution in [0.5, 0.6) is 0 Å². The number of nitrogens with one attached hydrogen (secondary N) is 1.